The minimum Gasteiger partial charge on any atom is -0.380 e. The summed E-state index contributed by atoms with van der Waals surface area (Å²) in [6.07, 6.45) is 0. The van der Waals surface area contributed by atoms with E-state index in [9.17, 15) is 0 Å². The molecule has 1 heterocycles. The number of nitrogens with one attached hydrogen (secondary N) is 1. The first-order chi connectivity index (χ1) is 6.36. The fourth-order valence-corrected chi connectivity index (χ4v) is 1.72. The molecule has 0 bridgehead atoms. The van der Waals surface area contributed by atoms with Crippen LogP contribution < -0.4 is 5.32 Å². The molecule has 1 rings (SSSR count). The topological polar surface area (TPSA) is 21.3 Å². The number of ether oxygens (including phenoxy) is 1. The zero-order chi connectivity index (χ0) is 10.8. The minimum absolute atomic E-state index is 0.276. The van der Waals surface area contributed by atoms with Crippen LogP contribution in [0.4, 0.5) is 0 Å². The summed E-state index contributed by atoms with van der Waals surface area (Å²) in [4.78, 5) is 0. The third kappa shape index (κ3) is 2.96. The molecule has 1 aliphatic rings. The van der Waals surface area contributed by atoms with E-state index in [0.717, 1.165) is 26.3 Å². The SMILES string of the molecule is CC(C)C1(C)CNCC(C)(C)COC1. The van der Waals surface area contributed by atoms with E-state index < -0.39 is 0 Å². The quantitative estimate of drug-likeness (QED) is 0.699. The lowest BCUT2D eigenvalue weighted by atomic mass is 9.79. The molecule has 2 nitrogen and oxygen atoms in total. The van der Waals surface area contributed by atoms with Crippen molar-refractivity contribution in [1.82, 2.24) is 5.32 Å². The largest absolute Gasteiger partial charge is 0.380 e. The van der Waals surface area contributed by atoms with Crippen LogP contribution in [0.5, 0.6) is 0 Å². The van der Waals surface area contributed by atoms with Gasteiger partial charge >= 0.3 is 0 Å². The zero-order valence-corrected chi connectivity index (χ0v) is 10.3. The molecule has 0 aromatic carbocycles. The smallest absolute Gasteiger partial charge is 0.0534 e. The molecular formula is C12H25NO. The predicted octanol–water partition coefficient (Wildman–Crippen LogP) is 2.29. The molecule has 0 aliphatic carbocycles. The van der Waals surface area contributed by atoms with Crippen LogP contribution >= 0.6 is 0 Å². The van der Waals surface area contributed by atoms with Crippen molar-refractivity contribution in [3.8, 4) is 0 Å². The first kappa shape index (κ1) is 12.0. The summed E-state index contributed by atoms with van der Waals surface area (Å²) in [6, 6.07) is 0. The van der Waals surface area contributed by atoms with Crippen molar-refractivity contribution < 1.29 is 4.74 Å². The minimum atomic E-state index is 0.276. The first-order valence-electron chi connectivity index (χ1n) is 5.64. The van der Waals surface area contributed by atoms with Gasteiger partial charge in [-0.15, -0.1) is 0 Å². The highest BCUT2D eigenvalue weighted by Crippen LogP contribution is 2.29. The summed E-state index contributed by atoms with van der Waals surface area (Å²) in [6.45, 7) is 15.2. The second kappa shape index (κ2) is 4.19. The third-order valence-electron chi connectivity index (χ3n) is 3.45. The molecule has 14 heavy (non-hydrogen) atoms. The Labute approximate surface area is 88.4 Å². The van der Waals surface area contributed by atoms with Crippen molar-refractivity contribution in [2.75, 3.05) is 26.3 Å². The van der Waals surface area contributed by atoms with Gasteiger partial charge in [0.2, 0.25) is 0 Å². The van der Waals surface area contributed by atoms with Gasteiger partial charge in [0.25, 0.3) is 0 Å². The Kier molecular flexibility index (Phi) is 3.59. The van der Waals surface area contributed by atoms with Gasteiger partial charge in [0.05, 0.1) is 13.2 Å². The van der Waals surface area contributed by atoms with Gasteiger partial charge in [-0.1, -0.05) is 34.6 Å². The molecule has 1 saturated heterocycles. The second-order valence-electron chi connectivity index (χ2n) is 6.07. The molecule has 0 radical (unpaired) electrons. The third-order valence-corrected chi connectivity index (χ3v) is 3.45. The van der Waals surface area contributed by atoms with Crippen molar-refractivity contribution in [2.45, 2.75) is 34.6 Å². The highest BCUT2D eigenvalue weighted by molar-refractivity contribution is 4.84. The molecule has 1 unspecified atom stereocenters. The summed E-state index contributed by atoms with van der Waals surface area (Å²) in [7, 11) is 0. The van der Waals surface area contributed by atoms with Crippen LogP contribution in [0, 0.1) is 16.7 Å². The van der Waals surface area contributed by atoms with Gasteiger partial charge in [0.1, 0.15) is 0 Å². The van der Waals surface area contributed by atoms with Crippen molar-refractivity contribution in [2.24, 2.45) is 16.7 Å². The van der Waals surface area contributed by atoms with E-state index in [1.165, 1.54) is 0 Å². The summed E-state index contributed by atoms with van der Waals surface area (Å²) in [5, 5.41) is 3.57. The van der Waals surface area contributed by atoms with E-state index >= 15 is 0 Å². The van der Waals surface area contributed by atoms with E-state index in [0.29, 0.717) is 5.92 Å². The molecule has 0 aromatic rings. The van der Waals surface area contributed by atoms with Gasteiger partial charge in [0, 0.05) is 23.9 Å². The maximum absolute atomic E-state index is 5.83. The van der Waals surface area contributed by atoms with Gasteiger partial charge in [-0.25, -0.2) is 0 Å². The first-order valence-corrected chi connectivity index (χ1v) is 5.64. The molecule has 0 amide bonds. The van der Waals surface area contributed by atoms with E-state index in [1.807, 2.05) is 0 Å². The Balaban J connectivity index is 2.56. The van der Waals surface area contributed by atoms with Crippen molar-refractivity contribution >= 4 is 0 Å². The number of hydrogen-bond acceptors (Lipinski definition) is 2. The Morgan fingerprint density at radius 2 is 1.71 bits per heavy atom. The van der Waals surface area contributed by atoms with Crippen molar-refractivity contribution in [3.05, 3.63) is 0 Å². The van der Waals surface area contributed by atoms with Gasteiger partial charge in [-0.05, 0) is 5.92 Å². The molecular weight excluding hydrogens is 174 g/mol. The van der Waals surface area contributed by atoms with Gasteiger partial charge in [-0.3, -0.25) is 0 Å². The van der Waals surface area contributed by atoms with Crippen LogP contribution in [0.15, 0.2) is 0 Å². The van der Waals surface area contributed by atoms with Gasteiger partial charge in [-0.2, -0.15) is 0 Å². The molecule has 1 fully saturated rings. The molecule has 1 atom stereocenters. The Morgan fingerprint density at radius 3 is 2.29 bits per heavy atom. The fraction of sp³-hybridized carbons (Fsp3) is 1.00. The molecule has 0 saturated carbocycles. The molecule has 0 spiro atoms. The zero-order valence-electron chi connectivity index (χ0n) is 10.3. The average molecular weight is 199 g/mol. The lowest BCUT2D eigenvalue weighted by molar-refractivity contribution is -0.0255. The van der Waals surface area contributed by atoms with Crippen LogP contribution in [0.3, 0.4) is 0 Å². The van der Waals surface area contributed by atoms with Gasteiger partial charge < -0.3 is 10.1 Å². The van der Waals surface area contributed by atoms with Crippen molar-refractivity contribution in [1.29, 1.82) is 0 Å². The predicted molar refractivity (Wildman–Crippen MR) is 60.4 cm³/mol. The van der Waals surface area contributed by atoms with Crippen LogP contribution in [0.25, 0.3) is 0 Å². The van der Waals surface area contributed by atoms with Gasteiger partial charge in [0.15, 0.2) is 0 Å². The van der Waals surface area contributed by atoms with E-state index in [2.05, 4.69) is 39.9 Å². The Bertz CT molecular complexity index is 175. The summed E-state index contributed by atoms with van der Waals surface area (Å²) in [5.74, 6) is 0.663. The average Bonchev–Trinajstić information content (AvgIpc) is 2.00. The lowest BCUT2D eigenvalue weighted by Gasteiger charge is -2.39. The fourth-order valence-electron chi connectivity index (χ4n) is 1.72. The van der Waals surface area contributed by atoms with Crippen LogP contribution in [0.2, 0.25) is 0 Å². The molecule has 2 heteroatoms. The Hall–Kier alpha value is -0.0800. The number of rotatable bonds is 1. The summed E-state index contributed by atoms with van der Waals surface area (Å²) < 4.78 is 5.83. The standard InChI is InChI=1S/C12H25NO/c1-10(2)12(5)7-13-6-11(3,4)8-14-9-12/h10,13H,6-9H2,1-5H3. The van der Waals surface area contributed by atoms with E-state index in [4.69, 9.17) is 4.74 Å². The van der Waals surface area contributed by atoms with E-state index in [-0.39, 0.29) is 10.8 Å². The van der Waals surface area contributed by atoms with Crippen LogP contribution in [-0.2, 0) is 4.74 Å². The van der Waals surface area contributed by atoms with Crippen molar-refractivity contribution in [3.63, 3.8) is 0 Å². The van der Waals surface area contributed by atoms with Crippen LogP contribution in [-0.4, -0.2) is 26.3 Å². The molecule has 1 N–H and O–H groups in total. The monoisotopic (exact) mass is 199 g/mol. The maximum atomic E-state index is 5.83. The lowest BCUT2D eigenvalue weighted by Crippen LogP contribution is -2.47. The molecule has 1 aliphatic heterocycles. The second-order valence-corrected chi connectivity index (χ2v) is 6.07. The number of hydrogen-bond donors (Lipinski definition) is 1. The Morgan fingerprint density at radius 1 is 1.07 bits per heavy atom. The summed E-state index contributed by atoms with van der Waals surface area (Å²) in [5.41, 5.74) is 0.564. The van der Waals surface area contributed by atoms with Crippen LogP contribution in [0.1, 0.15) is 34.6 Å². The highest BCUT2D eigenvalue weighted by Gasteiger charge is 2.32. The molecule has 0 aromatic heterocycles. The normalized spacial score (nSPS) is 33.9. The van der Waals surface area contributed by atoms with E-state index in [1.54, 1.807) is 0 Å². The maximum Gasteiger partial charge on any atom is 0.0534 e. The summed E-state index contributed by atoms with van der Waals surface area (Å²) >= 11 is 0. The highest BCUT2D eigenvalue weighted by atomic mass is 16.5. The molecule has 84 valence electrons.